The third-order valence-electron chi connectivity index (χ3n) is 2.47. The third-order valence-corrected chi connectivity index (χ3v) is 2.86. The van der Waals surface area contributed by atoms with E-state index in [-0.39, 0.29) is 16.7 Å². The molecule has 1 aromatic carbocycles. The molecule has 1 N–H and O–H groups in total. The number of phenols is 1. The molecule has 0 aromatic heterocycles. The SMILES string of the molecule is Cc1c(Cl)cc(C(C)(C)C)c(O)c1C=O. The van der Waals surface area contributed by atoms with Gasteiger partial charge in [0.05, 0.1) is 5.56 Å². The molecule has 0 saturated heterocycles. The zero-order chi connectivity index (χ0) is 11.8. The van der Waals surface area contributed by atoms with E-state index in [0.29, 0.717) is 22.4 Å². The summed E-state index contributed by atoms with van der Waals surface area (Å²) in [5.74, 6) is 0.0411. The summed E-state index contributed by atoms with van der Waals surface area (Å²) in [7, 11) is 0. The van der Waals surface area contributed by atoms with Crippen LogP contribution in [0, 0.1) is 6.92 Å². The molecule has 0 spiro atoms. The van der Waals surface area contributed by atoms with Crippen molar-refractivity contribution < 1.29 is 9.90 Å². The minimum absolute atomic E-state index is 0.0411. The lowest BCUT2D eigenvalue weighted by atomic mass is 9.84. The predicted molar refractivity (Wildman–Crippen MR) is 61.9 cm³/mol. The summed E-state index contributed by atoms with van der Waals surface area (Å²) in [4.78, 5) is 10.9. The summed E-state index contributed by atoms with van der Waals surface area (Å²) in [6, 6.07) is 1.72. The van der Waals surface area contributed by atoms with Crippen LogP contribution in [0.3, 0.4) is 0 Å². The lowest BCUT2D eigenvalue weighted by Crippen LogP contribution is -2.12. The minimum atomic E-state index is -0.237. The normalized spacial score (nSPS) is 11.5. The highest BCUT2D eigenvalue weighted by Crippen LogP contribution is 2.37. The fourth-order valence-corrected chi connectivity index (χ4v) is 1.68. The number of aromatic hydroxyl groups is 1. The topological polar surface area (TPSA) is 37.3 Å². The fraction of sp³-hybridized carbons (Fsp3) is 0.417. The van der Waals surface area contributed by atoms with Gasteiger partial charge in [0.25, 0.3) is 0 Å². The van der Waals surface area contributed by atoms with Gasteiger partial charge < -0.3 is 5.11 Å². The van der Waals surface area contributed by atoms with Crippen molar-refractivity contribution in [3.05, 3.63) is 27.8 Å². The Morgan fingerprint density at radius 3 is 2.33 bits per heavy atom. The Balaban J connectivity index is 3.58. The Morgan fingerprint density at radius 2 is 1.93 bits per heavy atom. The fourth-order valence-electron chi connectivity index (χ4n) is 1.47. The minimum Gasteiger partial charge on any atom is -0.507 e. The highest BCUT2D eigenvalue weighted by molar-refractivity contribution is 6.31. The van der Waals surface area contributed by atoms with E-state index in [0.717, 1.165) is 0 Å². The number of hydrogen-bond acceptors (Lipinski definition) is 2. The maximum Gasteiger partial charge on any atom is 0.154 e. The average molecular weight is 227 g/mol. The molecule has 1 rings (SSSR count). The molecule has 0 bridgehead atoms. The predicted octanol–water partition coefficient (Wildman–Crippen LogP) is 3.46. The van der Waals surface area contributed by atoms with Gasteiger partial charge in [-0.3, -0.25) is 4.79 Å². The largest absolute Gasteiger partial charge is 0.507 e. The first-order valence-electron chi connectivity index (χ1n) is 4.76. The van der Waals surface area contributed by atoms with E-state index in [9.17, 15) is 9.90 Å². The molecule has 0 aliphatic rings. The Labute approximate surface area is 94.9 Å². The molecule has 0 fully saturated rings. The first kappa shape index (κ1) is 12.1. The highest BCUT2D eigenvalue weighted by atomic mass is 35.5. The molecular formula is C12H15ClO2. The highest BCUT2D eigenvalue weighted by Gasteiger charge is 2.22. The summed E-state index contributed by atoms with van der Waals surface area (Å²) < 4.78 is 0. The number of aldehydes is 1. The standard InChI is InChI=1S/C12H15ClO2/c1-7-8(6-14)11(15)9(5-10(7)13)12(2,3)4/h5-6,15H,1-4H3. The van der Waals surface area contributed by atoms with Crippen LogP contribution in [0.1, 0.15) is 42.3 Å². The van der Waals surface area contributed by atoms with Gasteiger partial charge in [0, 0.05) is 10.6 Å². The van der Waals surface area contributed by atoms with Crippen molar-refractivity contribution in [1.29, 1.82) is 0 Å². The van der Waals surface area contributed by atoms with Crippen LogP contribution in [-0.2, 0) is 5.41 Å². The van der Waals surface area contributed by atoms with E-state index in [1.807, 2.05) is 20.8 Å². The van der Waals surface area contributed by atoms with Crippen molar-refractivity contribution in [2.24, 2.45) is 0 Å². The Morgan fingerprint density at radius 1 is 1.40 bits per heavy atom. The van der Waals surface area contributed by atoms with Crippen molar-refractivity contribution in [2.75, 3.05) is 0 Å². The van der Waals surface area contributed by atoms with E-state index in [4.69, 9.17) is 11.6 Å². The quantitative estimate of drug-likeness (QED) is 0.745. The number of rotatable bonds is 1. The lowest BCUT2D eigenvalue weighted by Gasteiger charge is -2.22. The Bertz CT molecular complexity index is 403. The van der Waals surface area contributed by atoms with Gasteiger partial charge in [-0.25, -0.2) is 0 Å². The van der Waals surface area contributed by atoms with Crippen LogP contribution in [-0.4, -0.2) is 11.4 Å². The van der Waals surface area contributed by atoms with Gasteiger partial charge in [-0.1, -0.05) is 32.4 Å². The number of carbonyl (C=O) groups excluding carboxylic acids is 1. The van der Waals surface area contributed by atoms with E-state index in [2.05, 4.69) is 0 Å². The van der Waals surface area contributed by atoms with Crippen LogP contribution in [0.5, 0.6) is 5.75 Å². The third kappa shape index (κ3) is 2.15. The van der Waals surface area contributed by atoms with Crippen LogP contribution in [0.15, 0.2) is 6.07 Å². The lowest BCUT2D eigenvalue weighted by molar-refractivity contribution is 0.112. The molecule has 2 nitrogen and oxygen atoms in total. The molecule has 3 heteroatoms. The second kappa shape index (κ2) is 3.86. The Hall–Kier alpha value is -1.02. The zero-order valence-corrected chi connectivity index (χ0v) is 10.1. The van der Waals surface area contributed by atoms with Gasteiger partial charge in [0.15, 0.2) is 6.29 Å². The second-order valence-electron chi connectivity index (χ2n) is 4.66. The molecule has 0 radical (unpaired) electrons. The van der Waals surface area contributed by atoms with Crippen molar-refractivity contribution in [3.8, 4) is 5.75 Å². The monoisotopic (exact) mass is 226 g/mol. The number of hydrogen-bond donors (Lipinski definition) is 1. The number of benzene rings is 1. The van der Waals surface area contributed by atoms with E-state index < -0.39 is 0 Å². The molecule has 15 heavy (non-hydrogen) atoms. The molecule has 0 saturated carbocycles. The summed E-state index contributed by atoms with van der Waals surface area (Å²) in [5.41, 5.74) is 1.36. The van der Waals surface area contributed by atoms with Crippen LogP contribution < -0.4 is 0 Å². The van der Waals surface area contributed by atoms with Gasteiger partial charge in [-0.05, 0) is 24.0 Å². The Kier molecular flexibility index (Phi) is 3.10. The van der Waals surface area contributed by atoms with Gasteiger partial charge in [-0.15, -0.1) is 0 Å². The van der Waals surface area contributed by atoms with Crippen molar-refractivity contribution in [2.45, 2.75) is 33.1 Å². The molecule has 0 unspecified atom stereocenters. The molecule has 82 valence electrons. The summed E-state index contributed by atoms with van der Waals surface area (Å²) in [6.45, 7) is 7.60. The molecular weight excluding hydrogens is 212 g/mol. The summed E-state index contributed by atoms with van der Waals surface area (Å²) >= 11 is 6.01. The van der Waals surface area contributed by atoms with E-state index in [1.165, 1.54) is 0 Å². The van der Waals surface area contributed by atoms with Crippen LogP contribution in [0.25, 0.3) is 0 Å². The van der Waals surface area contributed by atoms with Crippen LogP contribution >= 0.6 is 11.6 Å². The molecule has 0 atom stereocenters. The molecule has 0 aliphatic carbocycles. The number of carbonyl (C=O) groups is 1. The van der Waals surface area contributed by atoms with Gasteiger partial charge in [-0.2, -0.15) is 0 Å². The number of halogens is 1. The van der Waals surface area contributed by atoms with Crippen LogP contribution in [0.2, 0.25) is 5.02 Å². The summed E-state index contributed by atoms with van der Waals surface area (Å²) in [6.07, 6.45) is 0.645. The molecule has 0 amide bonds. The molecule has 1 aromatic rings. The first-order valence-corrected chi connectivity index (χ1v) is 5.14. The second-order valence-corrected chi connectivity index (χ2v) is 5.07. The van der Waals surface area contributed by atoms with E-state index >= 15 is 0 Å². The molecule has 0 aliphatic heterocycles. The molecule has 0 heterocycles. The first-order chi connectivity index (χ1) is 6.79. The smallest absolute Gasteiger partial charge is 0.154 e. The average Bonchev–Trinajstić information content (AvgIpc) is 2.10. The van der Waals surface area contributed by atoms with Crippen molar-refractivity contribution in [3.63, 3.8) is 0 Å². The van der Waals surface area contributed by atoms with Crippen molar-refractivity contribution in [1.82, 2.24) is 0 Å². The summed E-state index contributed by atoms with van der Waals surface area (Å²) in [5, 5.41) is 10.5. The van der Waals surface area contributed by atoms with Crippen LogP contribution in [0.4, 0.5) is 0 Å². The zero-order valence-electron chi connectivity index (χ0n) is 9.39. The van der Waals surface area contributed by atoms with Crippen molar-refractivity contribution >= 4 is 17.9 Å². The maximum absolute atomic E-state index is 10.9. The van der Waals surface area contributed by atoms with Gasteiger partial charge in [0.1, 0.15) is 5.75 Å². The van der Waals surface area contributed by atoms with Gasteiger partial charge in [0.2, 0.25) is 0 Å². The van der Waals surface area contributed by atoms with Gasteiger partial charge >= 0.3 is 0 Å². The van der Waals surface area contributed by atoms with E-state index in [1.54, 1.807) is 13.0 Å². The number of phenolic OH excluding ortho intramolecular Hbond substituents is 1. The maximum atomic E-state index is 10.9.